The van der Waals surface area contributed by atoms with Gasteiger partial charge >= 0.3 is 0 Å². The standard InChI is InChI=1S/C53H33N3O2/c1-2-10-32(11-3-1)33-18-20-34(21-19-33)39-30-45(50-43-15-7-9-17-47(43)58-49(50)31-39)53-55-51(37-24-26-41-36(28-37)23-22-35-12-4-5-13-40(35)41)54-52(56-53)38-25-27-48-44(29-38)42-14-6-8-16-46(42)57-48/h1-18,20-31,33H,19H2. The Hall–Kier alpha value is -7.63. The van der Waals surface area contributed by atoms with Crippen LogP contribution in [-0.4, -0.2) is 15.0 Å². The van der Waals surface area contributed by atoms with Crippen molar-refractivity contribution in [3.63, 3.8) is 0 Å². The topological polar surface area (TPSA) is 65.0 Å². The highest BCUT2D eigenvalue weighted by atomic mass is 16.3. The molecule has 0 saturated carbocycles. The van der Waals surface area contributed by atoms with E-state index < -0.39 is 0 Å². The van der Waals surface area contributed by atoms with Crippen molar-refractivity contribution < 1.29 is 8.83 Å². The lowest BCUT2D eigenvalue weighted by Crippen LogP contribution is -2.01. The zero-order chi connectivity index (χ0) is 38.2. The first-order chi connectivity index (χ1) is 28.7. The zero-order valence-corrected chi connectivity index (χ0v) is 31.3. The van der Waals surface area contributed by atoms with Gasteiger partial charge in [-0.25, -0.2) is 15.0 Å². The second-order valence-electron chi connectivity index (χ2n) is 15.1. The third kappa shape index (κ3) is 5.35. The monoisotopic (exact) mass is 743 g/mol. The number of para-hydroxylation sites is 2. The van der Waals surface area contributed by atoms with Gasteiger partial charge in [0.05, 0.1) is 0 Å². The normalized spacial score (nSPS) is 14.3. The molecule has 8 aromatic carbocycles. The Morgan fingerprint density at radius 3 is 1.90 bits per heavy atom. The number of hydrogen-bond donors (Lipinski definition) is 0. The summed E-state index contributed by atoms with van der Waals surface area (Å²) in [4.78, 5) is 15.9. The van der Waals surface area contributed by atoms with Gasteiger partial charge in [-0.3, -0.25) is 0 Å². The van der Waals surface area contributed by atoms with Crippen molar-refractivity contribution in [1.29, 1.82) is 0 Å². The Balaban J connectivity index is 1.08. The molecular weight excluding hydrogens is 711 g/mol. The van der Waals surface area contributed by atoms with Crippen molar-refractivity contribution in [3.8, 4) is 34.2 Å². The van der Waals surface area contributed by atoms with Gasteiger partial charge in [-0.15, -0.1) is 0 Å². The van der Waals surface area contributed by atoms with Gasteiger partial charge in [0.2, 0.25) is 0 Å². The van der Waals surface area contributed by atoms with E-state index in [1.54, 1.807) is 0 Å². The van der Waals surface area contributed by atoms with Gasteiger partial charge in [-0.2, -0.15) is 0 Å². The maximum absolute atomic E-state index is 6.60. The molecule has 1 aliphatic rings. The molecule has 3 aromatic heterocycles. The Morgan fingerprint density at radius 2 is 1.07 bits per heavy atom. The molecule has 3 heterocycles. The lowest BCUT2D eigenvalue weighted by atomic mass is 9.87. The molecule has 0 N–H and O–H groups in total. The number of nitrogens with zero attached hydrogens (tertiary/aromatic N) is 3. The minimum Gasteiger partial charge on any atom is -0.456 e. The molecule has 0 fully saturated rings. The first-order valence-corrected chi connectivity index (χ1v) is 19.7. The summed E-state index contributed by atoms with van der Waals surface area (Å²) in [6.45, 7) is 0. The number of rotatable bonds is 5. The van der Waals surface area contributed by atoms with Crippen LogP contribution in [0.4, 0.5) is 0 Å². The summed E-state index contributed by atoms with van der Waals surface area (Å²) in [7, 11) is 0. The molecule has 1 atom stereocenters. The first-order valence-electron chi connectivity index (χ1n) is 19.7. The smallest absolute Gasteiger partial charge is 0.164 e. The van der Waals surface area contributed by atoms with Crippen LogP contribution in [0.15, 0.2) is 191 Å². The first kappa shape index (κ1) is 32.6. The Kier molecular flexibility index (Phi) is 7.29. The zero-order valence-electron chi connectivity index (χ0n) is 31.3. The van der Waals surface area contributed by atoms with E-state index in [9.17, 15) is 0 Å². The van der Waals surface area contributed by atoms with Crippen LogP contribution in [0.2, 0.25) is 0 Å². The predicted octanol–water partition coefficient (Wildman–Crippen LogP) is 14.1. The predicted molar refractivity (Wildman–Crippen MR) is 237 cm³/mol. The highest BCUT2D eigenvalue weighted by Gasteiger charge is 2.22. The van der Waals surface area contributed by atoms with E-state index >= 15 is 0 Å². The third-order valence-corrected chi connectivity index (χ3v) is 11.7. The maximum Gasteiger partial charge on any atom is 0.164 e. The molecule has 0 saturated heterocycles. The summed E-state index contributed by atoms with van der Waals surface area (Å²) in [5.41, 5.74) is 9.48. The van der Waals surface area contributed by atoms with Crippen molar-refractivity contribution in [3.05, 3.63) is 193 Å². The number of fused-ring (bicyclic) bond motifs is 9. The molecule has 0 radical (unpaired) electrons. The van der Waals surface area contributed by atoms with Crippen LogP contribution in [-0.2, 0) is 0 Å². The van der Waals surface area contributed by atoms with Gasteiger partial charge in [0.25, 0.3) is 0 Å². The summed E-state index contributed by atoms with van der Waals surface area (Å²) in [6.07, 6.45) is 7.79. The van der Waals surface area contributed by atoms with Crippen LogP contribution in [0.5, 0.6) is 0 Å². The number of benzene rings is 8. The molecule has 0 aliphatic heterocycles. The summed E-state index contributed by atoms with van der Waals surface area (Å²) in [6, 6.07) is 57.0. The Bertz CT molecular complexity index is 3500. The highest BCUT2D eigenvalue weighted by molar-refractivity contribution is 6.13. The van der Waals surface area contributed by atoms with Crippen molar-refractivity contribution in [2.75, 3.05) is 0 Å². The second kappa shape index (κ2) is 13.0. The van der Waals surface area contributed by atoms with Gasteiger partial charge in [0.1, 0.15) is 22.3 Å². The van der Waals surface area contributed by atoms with Crippen molar-refractivity contribution in [2.45, 2.75) is 12.3 Å². The number of furan rings is 2. The molecule has 5 heteroatoms. The Labute approximate surface area is 333 Å². The van der Waals surface area contributed by atoms with Gasteiger partial charge in [-0.05, 0) is 93.2 Å². The van der Waals surface area contributed by atoms with Crippen LogP contribution in [0.1, 0.15) is 23.5 Å². The van der Waals surface area contributed by atoms with Crippen molar-refractivity contribution in [1.82, 2.24) is 15.0 Å². The number of allylic oxidation sites excluding steroid dienone is 4. The number of hydrogen-bond acceptors (Lipinski definition) is 5. The van der Waals surface area contributed by atoms with E-state index in [1.165, 1.54) is 21.7 Å². The lowest BCUT2D eigenvalue weighted by Gasteiger charge is -2.17. The summed E-state index contributed by atoms with van der Waals surface area (Å²) in [5.74, 6) is 2.09. The molecular formula is C53H33N3O2. The fourth-order valence-electron chi connectivity index (χ4n) is 8.75. The minimum absolute atomic E-state index is 0.331. The number of aromatic nitrogens is 3. The molecule has 12 rings (SSSR count). The highest BCUT2D eigenvalue weighted by Crippen LogP contribution is 2.41. The van der Waals surface area contributed by atoms with Crippen molar-refractivity contribution in [2.24, 2.45) is 0 Å². The van der Waals surface area contributed by atoms with E-state index in [-0.39, 0.29) is 0 Å². The summed E-state index contributed by atoms with van der Waals surface area (Å²) < 4.78 is 12.8. The average molecular weight is 744 g/mol. The SMILES string of the molecule is C1=CC(c2ccccc2)CC=C1c1cc(-c2nc(-c3ccc4c(ccc5ccccc54)c3)nc(-c3ccc4oc5ccccc5c4c3)n2)c2c(c1)oc1ccccc12. The molecule has 11 aromatic rings. The van der Waals surface area contributed by atoms with Crippen LogP contribution < -0.4 is 0 Å². The van der Waals surface area contributed by atoms with Gasteiger partial charge in [0.15, 0.2) is 17.5 Å². The third-order valence-electron chi connectivity index (χ3n) is 11.7. The van der Waals surface area contributed by atoms with Crippen molar-refractivity contribution >= 4 is 71.0 Å². The average Bonchev–Trinajstić information content (AvgIpc) is 3.87. The van der Waals surface area contributed by atoms with Crippen LogP contribution >= 0.6 is 0 Å². The molecule has 58 heavy (non-hydrogen) atoms. The van der Waals surface area contributed by atoms with Gasteiger partial charge < -0.3 is 8.83 Å². The fraction of sp³-hybridized carbons (Fsp3) is 0.0377. The van der Waals surface area contributed by atoms with Crippen LogP contribution in [0.25, 0.3) is 105 Å². The van der Waals surface area contributed by atoms with Crippen LogP contribution in [0.3, 0.4) is 0 Å². The van der Waals surface area contributed by atoms with E-state index in [1.807, 2.05) is 42.5 Å². The Morgan fingerprint density at radius 1 is 0.431 bits per heavy atom. The lowest BCUT2D eigenvalue weighted by molar-refractivity contribution is 0.668. The molecule has 272 valence electrons. The molecule has 0 spiro atoms. The van der Waals surface area contributed by atoms with E-state index in [2.05, 4.69) is 140 Å². The molecule has 1 unspecified atom stereocenters. The van der Waals surface area contributed by atoms with Gasteiger partial charge in [-0.1, -0.05) is 133 Å². The molecule has 1 aliphatic carbocycles. The largest absolute Gasteiger partial charge is 0.456 e. The second-order valence-corrected chi connectivity index (χ2v) is 15.1. The molecule has 5 nitrogen and oxygen atoms in total. The maximum atomic E-state index is 6.60. The molecule has 0 bridgehead atoms. The summed E-state index contributed by atoms with van der Waals surface area (Å²) in [5, 5.41) is 8.82. The summed E-state index contributed by atoms with van der Waals surface area (Å²) >= 11 is 0. The molecule has 0 amide bonds. The van der Waals surface area contributed by atoms with Gasteiger partial charge in [0, 0.05) is 44.2 Å². The van der Waals surface area contributed by atoms with E-state index in [0.717, 1.165) is 83.5 Å². The fourth-order valence-corrected chi connectivity index (χ4v) is 8.75. The van der Waals surface area contributed by atoms with Crippen LogP contribution in [0, 0.1) is 0 Å². The quantitative estimate of drug-likeness (QED) is 0.164. The minimum atomic E-state index is 0.331. The van der Waals surface area contributed by atoms with E-state index in [4.69, 9.17) is 23.8 Å². The van der Waals surface area contributed by atoms with E-state index in [0.29, 0.717) is 23.4 Å².